The van der Waals surface area contributed by atoms with E-state index in [0.717, 1.165) is 0 Å². The molecule has 2 rings (SSSR count). The summed E-state index contributed by atoms with van der Waals surface area (Å²) in [4.78, 5) is 11.9. The van der Waals surface area contributed by atoms with Gasteiger partial charge in [-0.25, -0.2) is 0 Å². The molecule has 1 aromatic heterocycles. The number of carbonyl (C=O) groups is 1. The first kappa shape index (κ1) is 19.1. The predicted molar refractivity (Wildman–Crippen MR) is 96.0 cm³/mol. The summed E-state index contributed by atoms with van der Waals surface area (Å²) in [6, 6.07) is 5.44. The van der Waals surface area contributed by atoms with Crippen molar-refractivity contribution in [1.82, 2.24) is 15.5 Å². The third-order valence-corrected chi connectivity index (χ3v) is 4.54. The van der Waals surface area contributed by atoms with Gasteiger partial charge in [-0.05, 0) is 25.0 Å². The smallest absolute Gasteiger partial charge is 0.277 e. The molecule has 25 heavy (non-hydrogen) atoms. The fraction of sp³-hybridized carbons (Fsp3) is 0.471. The van der Waals surface area contributed by atoms with E-state index in [-0.39, 0.29) is 17.7 Å². The van der Waals surface area contributed by atoms with Gasteiger partial charge in [0, 0.05) is 17.7 Å². The molecule has 0 aliphatic rings. The molecule has 0 spiro atoms. The molecule has 0 aliphatic carbocycles. The van der Waals surface area contributed by atoms with Gasteiger partial charge in [0.1, 0.15) is 11.5 Å². The number of thioether (sulfide) groups is 1. The highest BCUT2D eigenvalue weighted by Crippen LogP contribution is 2.30. The molecule has 0 saturated heterocycles. The molecule has 0 fully saturated rings. The summed E-state index contributed by atoms with van der Waals surface area (Å²) in [5.41, 5.74) is 0.688. The van der Waals surface area contributed by atoms with Crippen molar-refractivity contribution in [2.75, 3.05) is 20.0 Å². The first-order valence-electron chi connectivity index (χ1n) is 7.92. The second kappa shape index (κ2) is 8.75. The van der Waals surface area contributed by atoms with Crippen LogP contribution >= 0.6 is 11.8 Å². The fourth-order valence-electron chi connectivity index (χ4n) is 1.91. The molecular weight excluding hydrogens is 342 g/mol. The van der Waals surface area contributed by atoms with Crippen LogP contribution in [0.2, 0.25) is 0 Å². The minimum atomic E-state index is -0.0611. The highest BCUT2D eigenvalue weighted by Gasteiger charge is 2.15. The molecular formula is C17H23N3O4S. The lowest BCUT2D eigenvalue weighted by atomic mass is 10.1. The van der Waals surface area contributed by atoms with Gasteiger partial charge in [0.2, 0.25) is 11.8 Å². The normalized spacial score (nSPS) is 12.1. The van der Waals surface area contributed by atoms with E-state index in [1.54, 1.807) is 32.4 Å². The summed E-state index contributed by atoms with van der Waals surface area (Å²) in [5.74, 6) is 2.14. The Labute approximate surface area is 151 Å². The molecule has 136 valence electrons. The number of ether oxygens (including phenoxy) is 2. The summed E-state index contributed by atoms with van der Waals surface area (Å²) in [7, 11) is 3.15. The Bertz CT molecular complexity index is 695. The van der Waals surface area contributed by atoms with E-state index in [4.69, 9.17) is 13.9 Å². The zero-order valence-electron chi connectivity index (χ0n) is 15.0. The Hall–Kier alpha value is -2.22. The van der Waals surface area contributed by atoms with Crippen LogP contribution in [0.5, 0.6) is 11.5 Å². The number of nitrogens with zero attached hydrogens (tertiary/aromatic N) is 2. The zero-order valence-corrected chi connectivity index (χ0v) is 15.8. The lowest BCUT2D eigenvalue weighted by molar-refractivity contribution is -0.119. The van der Waals surface area contributed by atoms with Crippen molar-refractivity contribution in [2.45, 2.75) is 32.0 Å². The van der Waals surface area contributed by atoms with Crippen molar-refractivity contribution in [3.63, 3.8) is 0 Å². The summed E-state index contributed by atoms with van der Waals surface area (Å²) in [6.07, 6.45) is 0. The number of methoxy groups -OCH3 is 2. The topological polar surface area (TPSA) is 86.5 Å². The van der Waals surface area contributed by atoms with Crippen LogP contribution in [0.4, 0.5) is 0 Å². The van der Waals surface area contributed by atoms with E-state index in [9.17, 15) is 4.79 Å². The molecule has 1 heterocycles. The number of nitrogens with one attached hydrogen (secondary N) is 1. The third kappa shape index (κ3) is 5.38. The maximum absolute atomic E-state index is 11.9. The number of hydrogen-bond acceptors (Lipinski definition) is 7. The van der Waals surface area contributed by atoms with E-state index >= 15 is 0 Å². The van der Waals surface area contributed by atoms with Crippen LogP contribution in [0.25, 0.3) is 11.5 Å². The first-order valence-corrected chi connectivity index (χ1v) is 8.90. The fourth-order valence-corrected chi connectivity index (χ4v) is 2.48. The van der Waals surface area contributed by atoms with Gasteiger partial charge in [-0.2, -0.15) is 0 Å². The number of hydrogen-bond donors (Lipinski definition) is 1. The molecule has 0 aliphatic heterocycles. The van der Waals surface area contributed by atoms with Crippen molar-refractivity contribution < 1.29 is 18.7 Å². The Morgan fingerprint density at radius 1 is 1.16 bits per heavy atom. The Morgan fingerprint density at radius 2 is 1.80 bits per heavy atom. The zero-order chi connectivity index (χ0) is 18.4. The van der Waals surface area contributed by atoms with Crippen molar-refractivity contribution in [3.8, 4) is 23.0 Å². The van der Waals surface area contributed by atoms with Gasteiger partial charge < -0.3 is 19.2 Å². The third-order valence-electron chi connectivity index (χ3n) is 3.72. The van der Waals surface area contributed by atoms with Crippen molar-refractivity contribution in [3.05, 3.63) is 18.2 Å². The monoisotopic (exact) mass is 365 g/mol. The second-order valence-electron chi connectivity index (χ2n) is 5.86. The van der Waals surface area contributed by atoms with Crippen LogP contribution < -0.4 is 14.8 Å². The van der Waals surface area contributed by atoms with E-state index in [1.807, 2.05) is 6.92 Å². The summed E-state index contributed by atoms with van der Waals surface area (Å²) in [5, 5.41) is 11.3. The van der Waals surface area contributed by atoms with Gasteiger partial charge in [-0.3, -0.25) is 4.79 Å². The Balaban J connectivity index is 2.02. The maximum Gasteiger partial charge on any atom is 0.277 e. The number of aromatic nitrogens is 2. The van der Waals surface area contributed by atoms with E-state index in [1.165, 1.54) is 11.8 Å². The molecule has 0 radical (unpaired) electrons. The number of rotatable bonds is 8. The molecule has 1 amide bonds. The second-order valence-corrected chi connectivity index (χ2v) is 6.79. The van der Waals surface area contributed by atoms with Gasteiger partial charge in [0.25, 0.3) is 5.22 Å². The molecule has 8 heteroatoms. The number of carbonyl (C=O) groups excluding carboxylic acids is 1. The van der Waals surface area contributed by atoms with Gasteiger partial charge >= 0.3 is 0 Å². The average Bonchev–Trinajstić information content (AvgIpc) is 3.08. The highest BCUT2D eigenvalue weighted by atomic mass is 32.2. The SMILES string of the molecule is COc1cc(OC)cc(-c2nnc(SCC(=O)N[C@@H](C)C(C)C)o2)c1. The van der Waals surface area contributed by atoms with Gasteiger partial charge in [-0.1, -0.05) is 25.6 Å². The lowest BCUT2D eigenvalue weighted by Gasteiger charge is -2.16. The largest absolute Gasteiger partial charge is 0.497 e. The van der Waals surface area contributed by atoms with E-state index < -0.39 is 0 Å². The van der Waals surface area contributed by atoms with E-state index in [0.29, 0.717) is 34.1 Å². The van der Waals surface area contributed by atoms with Crippen molar-refractivity contribution >= 4 is 17.7 Å². The number of benzene rings is 1. The van der Waals surface area contributed by atoms with Crippen LogP contribution in [-0.2, 0) is 4.79 Å². The molecule has 1 atom stereocenters. The quantitative estimate of drug-likeness (QED) is 0.720. The molecule has 0 saturated carbocycles. The molecule has 1 N–H and O–H groups in total. The van der Waals surface area contributed by atoms with Gasteiger partial charge in [0.05, 0.1) is 20.0 Å². The highest BCUT2D eigenvalue weighted by molar-refractivity contribution is 7.99. The summed E-state index contributed by atoms with van der Waals surface area (Å²) in [6.45, 7) is 6.10. The molecule has 2 aromatic rings. The Morgan fingerprint density at radius 3 is 2.36 bits per heavy atom. The van der Waals surface area contributed by atoms with Crippen molar-refractivity contribution in [1.29, 1.82) is 0 Å². The first-order chi connectivity index (χ1) is 11.9. The molecule has 0 bridgehead atoms. The van der Waals surface area contributed by atoms with E-state index in [2.05, 4.69) is 29.4 Å². The number of amides is 1. The maximum atomic E-state index is 11.9. The minimum absolute atomic E-state index is 0.0611. The predicted octanol–water partition coefficient (Wildman–Crippen LogP) is 3.01. The average molecular weight is 365 g/mol. The summed E-state index contributed by atoms with van der Waals surface area (Å²) >= 11 is 1.20. The molecule has 0 unspecified atom stereocenters. The van der Waals surface area contributed by atoms with Crippen LogP contribution in [-0.4, -0.2) is 42.1 Å². The van der Waals surface area contributed by atoms with Crippen LogP contribution in [0, 0.1) is 5.92 Å². The lowest BCUT2D eigenvalue weighted by Crippen LogP contribution is -2.37. The van der Waals surface area contributed by atoms with Crippen LogP contribution in [0.1, 0.15) is 20.8 Å². The molecule has 7 nitrogen and oxygen atoms in total. The minimum Gasteiger partial charge on any atom is -0.497 e. The van der Waals surface area contributed by atoms with Gasteiger partial charge in [0.15, 0.2) is 0 Å². The molecule has 1 aromatic carbocycles. The van der Waals surface area contributed by atoms with Crippen LogP contribution in [0.15, 0.2) is 27.8 Å². The summed E-state index contributed by atoms with van der Waals surface area (Å²) < 4.78 is 16.1. The Kier molecular flexibility index (Phi) is 6.69. The van der Waals surface area contributed by atoms with Crippen molar-refractivity contribution in [2.24, 2.45) is 5.92 Å². The standard InChI is InChI=1S/C17H23N3O4S/c1-10(2)11(3)18-15(21)9-25-17-20-19-16(24-17)12-6-13(22-4)8-14(7-12)23-5/h6-8,10-11H,9H2,1-5H3,(H,18,21)/t11-/m0/s1. The van der Waals surface area contributed by atoms with Crippen LogP contribution in [0.3, 0.4) is 0 Å². The van der Waals surface area contributed by atoms with Gasteiger partial charge in [-0.15, -0.1) is 10.2 Å².